The van der Waals surface area contributed by atoms with Crippen LogP contribution < -0.4 is 14.9 Å². The minimum Gasteiger partial charge on any atom is -0.340 e. The predicted molar refractivity (Wildman–Crippen MR) is 219 cm³/mol. The first kappa shape index (κ1) is 33.4. The van der Waals surface area contributed by atoms with Crippen LogP contribution in [-0.4, -0.2) is 19.0 Å². The lowest BCUT2D eigenvalue weighted by atomic mass is 10.1. The number of rotatable bonds is 12. The highest BCUT2D eigenvalue weighted by molar-refractivity contribution is 7.99. The molecule has 7 rings (SSSR count). The lowest BCUT2D eigenvalue weighted by molar-refractivity contribution is 0.866. The molecule has 0 unspecified atom stereocenters. The van der Waals surface area contributed by atoms with E-state index in [-0.39, 0.29) is 0 Å². The second-order valence-corrected chi connectivity index (χ2v) is 13.0. The van der Waals surface area contributed by atoms with Crippen LogP contribution in [0.3, 0.4) is 0 Å². The van der Waals surface area contributed by atoms with Crippen molar-refractivity contribution in [3.8, 4) is 0 Å². The van der Waals surface area contributed by atoms with E-state index < -0.39 is 0 Å². The molecule has 0 aliphatic carbocycles. The minimum absolute atomic E-state index is 0.952. The molecule has 1 aliphatic heterocycles. The van der Waals surface area contributed by atoms with E-state index in [0.29, 0.717) is 0 Å². The molecule has 0 fully saturated rings. The van der Waals surface area contributed by atoms with E-state index in [0.717, 1.165) is 46.8 Å². The third-order valence-corrected chi connectivity index (χ3v) is 9.43. The monoisotopic (exact) mass is 681 g/mol. The highest BCUT2D eigenvalue weighted by atomic mass is 32.2. The third kappa shape index (κ3) is 8.20. The van der Waals surface area contributed by atoms with Crippen LogP contribution >= 0.6 is 11.8 Å². The molecule has 0 bridgehead atoms. The molecule has 0 aromatic heterocycles. The summed E-state index contributed by atoms with van der Waals surface area (Å²) < 4.78 is 0. The number of hydrogen-bond donors (Lipinski definition) is 0. The van der Waals surface area contributed by atoms with Crippen LogP contribution in [0.1, 0.15) is 24.5 Å². The Kier molecular flexibility index (Phi) is 10.8. The molecule has 6 aromatic carbocycles. The van der Waals surface area contributed by atoms with Crippen molar-refractivity contribution < 1.29 is 0 Å². The molecule has 0 saturated carbocycles. The van der Waals surface area contributed by atoms with Gasteiger partial charge in [0.15, 0.2) is 0 Å². The van der Waals surface area contributed by atoms with E-state index in [9.17, 15) is 0 Å². The Labute approximate surface area is 305 Å². The smallest absolute Gasteiger partial charge is 0.0652 e. The van der Waals surface area contributed by atoms with Gasteiger partial charge in [-0.3, -0.25) is 0 Å². The lowest BCUT2D eigenvalue weighted by Gasteiger charge is -2.33. The molecule has 51 heavy (non-hydrogen) atoms. The third-order valence-electron chi connectivity index (χ3n) is 8.33. The normalized spacial score (nSPS) is 12.5. The zero-order valence-electron chi connectivity index (χ0n) is 28.5. The number of para-hydroxylation sites is 4. The molecule has 0 N–H and O–H groups in total. The highest BCUT2D eigenvalue weighted by Gasteiger charge is 2.23. The van der Waals surface area contributed by atoms with E-state index in [4.69, 9.17) is 10.2 Å². The molecule has 0 radical (unpaired) electrons. The van der Waals surface area contributed by atoms with Crippen LogP contribution in [0.2, 0.25) is 0 Å². The van der Waals surface area contributed by atoms with Crippen molar-refractivity contribution in [3.63, 3.8) is 0 Å². The van der Waals surface area contributed by atoms with Gasteiger partial charge < -0.3 is 4.90 Å². The molecule has 6 aromatic rings. The number of benzene rings is 6. The molecule has 0 saturated heterocycles. The molecule has 1 heterocycles. The summed E-state index contributed by atoms with van der Waals surface area (Å²) in [5.41, 5.74) is 8.80. The predicted octanol–water partition coefficient (Wildman–Crippen LogP) is 12.4. The number of fused-ring (bicyclic) bond motifs is 2. The first-order valence-electron chi connectivity index (χ1n) is 17.2. The van der Waals surface area contributed by atoms with Crippen molar-refractivity contribution in [1.82, 2.24) is 0 Å². The van der Waals surface area contributed by atoms with Gasteiger partial charge in [0.05, 0.1) is 34.1 Å². The van der Waals surface area contributed by atoms with Gasteiger partial charge in [0, 0.05) is 28.8 Å². The molecule has 0 spiro atoms. The van der Waals surface area contributed by atoms with Gasteiger partial charge in [-0.2, -0.15) is 10.2 Å². The van der Waals surface area contributed by atoms with Gasteiger partial charge in [-0.25, -0.2) is 10.0 Å². The van der Waals surface area contributed by atoms with Crippen LogP contribution in [0.25, 0.3) is 12.2 Å². The molecule has 250 valence electrons. The van der Waals surface area contributed by atoms with E-state index in [2.05, 4.69) is 109 Å². The summed E-state index contributed by atoms with van der Waals surface area (Å²) in [4.78, 5) is 4.93. The maximum absolute atomic E-state index is 4.80. The van der Waals surface area contributed by atoms with Crippen molar-refractivity contribution in [3.05, 3.63) is 181 Å². The summed E-state index contributed by atoms with van der Waals surface area (Å²) in [5, 5.41) is 13.5. The quantitative estimate of drug-likeness (QED) is 0.0951. The number of anilines is 6. The van der Waals surface area contributed by atoms with Gasteiger partial charge in [0.2, 0.25) is 0 Å². The largest absolute Gasteiger partial charge is 0.340 e. The molecular formula is C45H39N5S. The van der Waals surface area contributed by atoms with Gasteiger partial charge in [-0.1, -0.05) is 116 Å². The van der Waals surface area contributed by atoms with E-state index in [1.54, 1.807) is 0 Å². The van der Waals surface area contributed by atoms with Gasteiger partial charge >= 0.3 is 0 Å². The Morgan fingerprint density at radius 2 is 0.882 bits per heavy atom. The van der Waals surface area contributed by atoms with Crippen molar-refractivity contribution in [2.75, 3.05) is 21.5 Å². The van der Waals surface area contributed by atoms with Crippen molar-refractivity contribution in [1.29, 1.82) is 0 Å². The minimum atomic E-state index is 0.952. The Balaban J connectivity index is 1.09. The van der Waals surface area contributed by atoms with Crippen LogP contribution in [-0.2, 0) is 0 Å². The second-order valence-electron chi connectivity index (χ2n) is 11.9. The zero-order chi connectivity index (χ0) is 34.7. The fourth-order valence-electron chi connectivity index (χ4n) is 5.95. The standard InChI is InChI=1S/C45H39N5S/c1-2-33-48-42-29-27-36(17-15-31-46-49(38-19-7-3-8-20-38)39-21-9-4-10-22-39)34-44(42)51-45-35-37(28-30-43(45)48)18-16-32-47-50(40-23-11-5-12-24-40)41-25-13-6-14-26-41/h3-32,34-35H,2,33H2,1H3/b17-15+,18-16+,46-31+,47-32+. The van der Waals surface area contributed by atoms with E-state index >= 15 is 0 Å². The van der Waals surface area contributed by atoms with E-state index in [1.165, 1.54) is 21.2 Å². The topological polar surface area (TPSA) is 34.4 Å². The van der Waals surface area contributed by atoms with Crippen molar-refractivity contribution in [2.24, 2.45) is 10.2 Å². The molecule has 6 heteroatoms. The fraction of sp³-hybridized carbons (Fsp3) is 0.0667. The number of hydrazone groups is 2. The first-order chi connectivity index (χ1) is 25.3. The average molecular weight is 682 g/mol. The summed E-state index contributed by atoms with van der Waals surface area (Å²) in [5.74, 6) is 0. The number of nitrogens with zero attached hydrogens (tertiary/aromatic N) is 5. The van der Waals surface area contributed by atoms with Gasteiger partial charge in [0.1, 0.15) is 0 Å². The second kappa shape index (κ2) is 16.5. The molecule has 1 aliphatic rings. The zero-order valence-corrected chi connectivity index (χ0v) is 29.4. The van der Waals surface area contributed by atoms with Crippen molar-refractivity contribution in [2.45, 2.75) is 23.1 Å². The lowest BCUT2D eigenvalue weighted by Crippen LogP contribution is -2.21. The summed E-state index contributed by atoms with van der Waals surface area (Å²) in [6, 6.07) is 54.2. The molecule has 0 atom stereocenters. The molecule has 0 amide bonds. The van der Waals surface area contributed by atoms with Gasteiger partial charge in [0.25, 0.3) is 0 Å². The summed E-state index contributed by atoms with van der Waals surface area (Å²) in [7, 11) is 0. The number of allylic oxidation sites excluding steroid dienone is 2. The van der Waals surface area contributed by atoms with Crippen molar-refractivity contribution >= 4 is 70.5 Å². The van der Waals surface area contributed by atoms with Gasteiger partial charge in [-0.05, 0) is 102 Å². The maximum atomic E-state index is 4.80. The molecular weight excluding hydrogens is 643 g/mol. The van der Waals surface area contributed by atoms with Crippen LogP contribution in [0, 0.1) is 0 Å². The van der Waals surface area contributed by atoms with Crippen LogP contribution in [0.5, 0.6) is 0 Å². The Morgan fingerprint density at radius 3 is 1.24 bits per heavy atom. The fourth-order valence-corrected chi connectivity index (χ4v) is 7.14. The summed E-state index contributed by atoms with van der Waals surface area (Å²) in [6.45, 7) is 3.18. The SMILES string of the molecule is CCCN1c2ccc(/C=C/C=N/N(c3ccccc3)c3ccccc3)cc2Sc2cc(/C=C/C=N/N(c3ccccc3)c3ccccc3)ccc21. The first-order valence-corrected chi connectivity index (χ1v) is 18.0. The van der Waals surface area contributed by atoms with Crippen LogP contribution in [0.4, 0.5) is 34.1 Å². The maximum Gasteiger partial charge on any atom is 0.0652 e. The highest BCUT2D eigenvalue weighted by Crippen LogP contribution is 2.49. The summed E-state index contributed by atoms with van der Waals surface area (Å²) in [6.07, 6.45) is 13.0. The Bertz CT molecular complexity index is 1910. The van der Waals surface area contributed by atoms with Gasteiger partial charge in [-0.15, -0.1) is 0 Å². The average Bonchev–Trinajstić information content (AvgIpc) is 3.19. The Morgan fingerprint density at radius 1 is 0.510 bits per heavy atom. The summed E-state index contributed by atoms with van der Waals surface area (Å²) >= 11 is 1.82. The number of hydrogen-bond acceptors (Lipinski definition) is 6. The van der Waals surface area contributed by atoms with E-state index in [1.807, 2.05) is 119 Å². The van der Waals surface area contributed by atoms with Crippen LogP contribution in [0.15, 0.2) is 190 Å². The Hall–Kier alpha value is -6.11. The molecule has 5 nitrogen and oxygen atoms in total.